The summed E-state index contributed by atoms with van der Waals surface area (Å²) in [5.74, 6) is 1.64. The van der Waals surface area contributed by atoms with E-state index < -0.39 is 0 Å². The molecule has 0 unspecified atom stereocenters. The summed E-state index contributed by atoms with van der Waals surface area (Å²) >= 11 is 0. The number of likely N-dealkylation sites (N-methyl/N-ethyl adjacent to an activating group) is 1. The lowest BCUT2D eigenvalue weighted by Crippen LogP contribution is -2.31. The lowest BCUT2D eigenvalue weighted by Gasteiger charge is -2.29. The van der Waals surface area contributed by atoms with E-state index in [4.69, 9.17) is 19.9 Å². The third kappa shape index (κ3) is 5.70. The molecule has 0 saturated heterocycles. The highest BCUT2D eigenvalue weighted by molar-refractivity contribution is 8.93. The molecule has 0 radical (unpaired) electrons. The molecule has 0 amide bonds. The van der Waals surface area contributed by atoms with Crippen LogP contribution in [-0.2, 0) is 16.7 Å². The van der Waals surface area contributed by atoms with Crippen molar-refractivity contribution >= 4 is 34.3 Å². The Labute approximate surface area is 219 Å². The van der Waals surface area contributed by atoms with Crippen molar-refractivity contribution in [3.05, 3.63) is 52.3 Å². The van der Waals surface area contributed by atoms with Crippen molar-refractivity contribution in [1.82, 2.24) is 9.88 Å². The van der Waals surface area contributed by atoms with Gasteiger partial charge >= 0.3 is 0 Å². The number of nitrogens with one attached hydrogen (secondary N) is 1. The first-order valence-corrected chi connectivity index (χ1v) is 11.9. The maximum Gasteiger partial charge on any atom is 0.182 e. The normalized spacial score (nSPS) is 15.0. The molecule has 0 spiro atoms. The number of hydrogen-bond acceptors (Lipinski definition) is 6. The van der Waals surface area contributed by atoms with Gasteiger partial charge in [-0.2, -0.15) is 0 Å². The highest BCUT2D eigenvalue weighted by atomic mass is 79.9. The molecule has 2 heterocycles. The number of fused-ring (bicyclic) bond motifs is 1. The van der Waals surface area contributed by atoms with Gasteiger partial charge in [0, 0.05) is 55.5 Å². The van der Waals surface area contributed by atoms with Crippen LogP contribution in [-0.4, -0.2) is 62.5 Å². The summed E-state index contributed by atoms with van der Waals surface area (Å²) < 4.78 is 11.1. The van der Waals surface area contributed by atoms with Crippen molar-refractivity contribution in [3.63, 3.8) is 0 Å². The van der Waals surface area contributed by atoms with Gasteiger partial charge in [-0.25, -0.2) is 4.98 Å². The van der Waals surface area contributed by atoms with Crippen LogP contribution in [0, 0.1) is 5.41 Å². The second-order valence-electron chi connectivity index (χ2n) is 10.4. The van der Waals surface area contributed by atoms with E-state index in [0.717, 1.165) is 34.0 Å². The zero-order valence-electron chi connectivity index (χ0n) is 21.6. The summed E-state index contributed by atoms with van der Waals surface area (Å²) in [5.41, 5.74) is 5.08. The number of nitrogens with zero attached hydrogens (tertiary/aromatic N) is 3. The number of hydrogen-bond donors (Lipinski definition) is 1. The van der Waals surface area contributed by atoms with Crippen LogP contribution < -0.4 is 9.64 Å². The zero-order chi connectivity index (χ0) is 24.6. The molecule has 190 valence electrons. The summed E-state index contributed by atoms with van der Waals surface area (Å²) in [6.45, 7) is 8.29. The molecule has 8 heteroatoms. The van der Waals surface area contributed by atoms with Crippen LogP contribution in [0.3, 0.4) is 0 Å². The fraction of sp³-hybridized carbons (Fsp3) is 0.519. The first-order valence-electron chi connectivity index (χ1n) is 11.9. The van der Waals surface area contributed by atoms with E-state index in [1.807, 2.05) is 24.1 Å². The number of anilines is 1. The number of ketones is 1. The quantitative estimate of drug-likeness (QED) is 0.450. The Kier molecular flexibility index (Phi) is 8.27. The second kappa shape index (κ2) is 10.7. The van der Waals surface area contributed by atoms with Crippen LogP contribution >= 0.6 is 17.0 Å². The summed E-state index contributed by atoms with van der Waals surface area (Å²) in [6, 6.07) is 8.01. The zero-order valence-corrected chi connectivity index (χ0v) is 23.3. The highest BCUT2D eigenvalue weighted by Gasteiger charge is 2.32. The highest BCUT2D eigenvalue weighted by Crippen LogP contribution is 2.41. The monoisotopic (exact) mass is 544 g/mol. The molecular weight excluding hydrogens is 508 g/mol. The van der Waals surface area contributed by atoms with Gasteiger partial charge in [0.1, 0.15) is 17.3 Å². The maximum atomic E-state index is 13.5. The van der Waals surface area contributed by atoms with Crippen molar-refractivity contribution < 1.29 is 14.3 Å². The molecule has 1 aliphatic heterocycles. The predicted octanol–water partition coefficient (Wildman–Crippen LogP) is 4.95. The summed E-state index contributed by atoms with van der Waals surface area (Å²) in [7, 11) is 5.33. The van der Waals surface area contributed by atoms with E-state index in [-0.39, 0.29) is 34.7 Å². The SMILES string of the molecule is Br.COCCN(C)c1cc(C(=O)CN2Cc3ccc(C4CC4)nc3C2=N)cc(C(C)(C)C)c1OC. The lowest BCUT2D eigenvalue weighted by molar-refractivity contribution is 0.0962. The van der Waals surface area contributed by atoms with Crippen LogP contribution in [0.5, 0.6) is 5.75 Å². The smallest absolute Gasteiger partial charge is 0.182 e. The third-order valence-corrected chi connectivity index (χ3v) is 6.68. The van der Waals surface area contributed by atoms with Crippen LogP contribution in [0.4, 0.5) is 5.69 Å². The van der Waals surface area contributed by atoms with Gasteiger partial charge in [-0.1, -0.05) is 26.8 Å². The molecule has 1 aromatic heterocycles. The Balaban J connectivity index is 0.00000342. The van der Waals surface area contributed by atoms with Gasteiger partial charge in [-0.3, -0.25) is 10.2 Å². The third-order valence-electron chi connectivity index (χ3n) is 6.68. The molecule has 4 rings (SSSR count). The topological polar surface area (TPSA) is 78.8 Å². The second-order valence-corrected chi connectivity index (χ2v) is 10.4. The van der Waals surface area contributed by atoms with Crippen LogP contribution in [0.1, 0.15) is 72.4 Å². The minimum Gasteiger partial charge on any atom is -0.494 e. The van der Waals surface area contributed by atoms with Gasteiger partial charge < -0.3 is 19.3 Å². The Morgan fingerprint density at radius 2 is 1.94 bits per heavy atom. The minimum absolute atomic E-state index is 0. The molecule has 1 aromatic carbocycles. The summed E-state index contributed by atoms with van der Waals surface area (Å²) in [4.78, 5) is 22.1. The van der Waals surface area contributed by atoms with Crippen molar-refractivity contribution in [2.75, 3.05) is 45.9 Å². The summed E-state index contributed by atoms with van der Waals surface area (Å²) in [5, 5.41) is 8.66. The van der Waals surface area contributed by atoms with Gasteiger partial charge in [0.15, 0.2) is 5.78 Å². The number of amidine groups is 1. The number of methoxy groups -OCH3 is 2. The Bertz CT molecular complexity index is 1110. The Morgan fingerprint density at radius 1 is 1.23 bits per heavy atom. The van der Waals surface area contributed by atoms with E-state index >= 15 is 0 Å². The minimum atomic E-state index is -0.210. The van der Waals surface area contributed by atoms with Crippen LogP contribution in [0.25, 0.3) is 0 Å². The number of rotatable bonds is 9. The van der Waals surface area contributed by atoms with Crippen molar-refractivity contribution in [2.45, 2.75) is 51.5 Å². The standard InChI is InChI=1S/C27H36N4O3.BrH/c1-27(2,3)20-13-19(14-22(25(20)34-6)30(4)11-12-33-5)23(32)16-31-15-18-9-10-21(17-7-8-17)29-24(18)26(31)28;/h9-10,13-14,17,28H,7-8,11-12,15-16H2,1-6H3;1H. The van der Waals surface area contributed by atoms with Crippen molar-refractivity contribution in [1.29, 1.82) is 5.41 Å². The average molecular weight is 546 g/mol. The number of aromatic nitrogens is 1. The van der Waals surface area contributed by atoms with Gasteiger partial charge in [0.2, 0.25) is 0 Å². The lowest BCUT2D eigenvalue weighted by atomic mass is 9.84. The molecule has 7 nitrogen and oxygen atoms in total. The number of carbonyl (C=O) groups is 1. The number of benzene rings is 1. The predicted molar refractivity (Wildman–Crippen MR) is 145 cm³/mol. The molecule has 2 aromatic rings. The molecular formula is C27H37BrN4O3. The molecule has 1 fully saturated rings. The first-order chi connectivity index (χ1) is 16.1. The molecule has 1 N–H and O–H groups in total. The van der Waals surface area contributed by atoms with Crippen molar-refractivity contribution in [3.8, 4) is 5.75 Å². The number of pyridine rings is 1. The first kappa shape index (κ1) is 27.1. The van der Waals surface area contributed by atoms with E-state index in [1.54, 1.807) is 14.2 Å². The van der Waals surface area contributed by atoms with E-state index in [0.29, 0.717) is 37.0 Å². The Hall–Kier alpha value is -2.45. The fourth-order valence-electron chi connectivity index (χ4n) is 4.45. The van der Waals surface area contributed by atoms with Crippen LogP contribution in [0.15, 0.2) is 24.3 Å². The molecule has 0 atom stereocenters. The summed E-state index contributed by atoms with van der Waals surface area (Å²) in [6.07, 6.45) is 2.35. The van der Waals surface area contributed by atoms with E-state index in [2.05, 4.69) is 37.8 Å². The Morgan fingerprint density at radius 3 is 2.54 bits per heavy atom. The molecule has 1 aliphatic carbocycles. The number of carbonyl (C=O) groups excluding carboxylic acids is 1. The number of ether oxygens (including phenoxy) is 2. The molecule has 35 heavy (non-hydrogen) atoms. The largest absolute Gasteiger partial charge is 0.494 e. The van der Waals surface area contributed by atoms with Crippen LogP contribution in [0.2, 0.25) is 0 Å². The number of halogens is 1. The maximum absolute atomic E-state index is 13.5. The molecule has 2 aliphatic rings. The van der Waals surface area contributed by atoms with E-state index in [9.17, 15) is 4.79 Å². The molecule has 1 saturated carbocycles. The molecule has 0 bridgehead atoms. The fourth-order valence-corrected chi connectivity index (χ4v) is 4.45. The van der Waals surface area contributed by atoms with Gasteiger partial charge in [0.25, 0.3) is 0 Å². The van der Waals surface area contributed by atoms with Gasteiger partial charge in [-0.05, 0) is 36.5 Å². The van der Waals surface area contributed by atoms with Crippen molar-refractivity contribution in [2.24, 2.45) is 0 Å². The van der Waals surface area contributed by atoms with Gasteiger partial charge in [-0.15, -0.1) is 17.0 Å². The number of Topliss-reactive ketones (excluding diaryl/α,β-unsaturated/α-hetero) is 1. The van der Waals surface area contributed by atoms with Gasteiger partial charge in [0.05, 0.1) is 25.9 Å². The van der Waals surface area contributed by atoms with E-state index in [1.165, 1.54) is 12.8 Å². The average Bonchev–Trinajstić information content (AvgIpc) is 3.61.